The SMILES string of the molecule is OCc1cnc(OCCC2CC2)c(Cl)c1. The normalized spacial score (nSPS) is 15.3. The molecule has 0 bridgehead atoms. The number of pyridine rings is 1. The molecule has 4 heteroatoms. The molecule has 1 saturated carbocycles. The molecule has 82 valence electrons. The smallest absolute Gasteiger partial charge is 0.232 e. The largest absolute Gasteiger partial charge is 0.477 e. The molecule has 1 heterocycles. The minimum atomic E-state index is -0.0466. The van der Waals surface area contributed by atoms with Crippen LogP contribution in [0.5, 0.6) is 5.88 Å². The average molecular weight is 228 g/mol. The molecule has 1 aromatic heterocycles. The van der Waals surface area contributed by atoms with Crippen LogP contribution in [0.2, 0.25) is 5.02 Å². The molecule has 0 radical (unpaired) electrons. The zero-order valence-corrected chi connectivity index (χ0v) is 9.20. The predicted octanol–water partition coefficient (Wildman–Crippen LogP) is 2.41. The second kappa shape index (κ2) is 4.81. The Kier molecular flexibility index (Phi) is 3.44. The average Bonchev–Trinajstić information content (AvgIpc) is 3.04. The summed E-state index contributed by atoms with van der Waals surface area (Å²) >= 11 is 5.94. The third-order valence-corrected chi connectivity index (χ3v) is 2.78. The van der Waals surface area contributed by atoms with Crippen molar-refractivity contribution in [3.63, 3.8) is 0 Å². The highest BCUT2D eigenvalue weighted by Gasteiger charge is 2.20. The van der Waals surface area contributed by atoms with Gasteiger partial charge < -0.3 is 9.84 Å². The van der Waals surface area contributed by atoms with E-state index in [4.69, 9.17) is 21.4 Å². The maximum absolute atomic E-state index is 8.87. The van der Waals surface area contributed by atoms with Crippen molar-refractivity contribution >= 4 is 11.6 Å². The molecule has 1 N–H and O–H groups in total. The summed E-state index contributed by atoms with van der Waals surface area (Å²) in [6.07, 6.45) is 5.32. The zero-order valence-electron chi connectivity index (χ0n) is 8.45. The molecule has 0 unspecified atom stereocenters. The van der Waals surface area contributed by atoms with Gasteiger partial charge in [0.15, 0.2) is 0 Å². The number of ether oxygens (including phenoxy) is 1. The van der Waals surface area contributed by atoms with Gasteiger partial charge in [0, 0.05) is 6.20 Å². The van der Waals surface area contributed by atoms with Crippen LogP contribution in [0.15, 0.2) is 12.3 Å². The lowest BCUT2D eigenvalue weighted by molar-refractivity contribution is 0.277. The standard InChI is InChI=1S/C11H14ClNO2/c12-10-5-9(7-14)6-13-11(10)15-4-3-8-1-2-8/h5-6,8,14H,1-4,7H2. The van der Waals surface area contributed by atoms with Crippen LogP contribution in [0, 0.1) is 5.92 Å². The quantitative estimate of drug-likeness (QED) is 0.840. The fourth-order valence-corrected chi connectivity index (χ4v) is 1.63. The lowest BCUT2D eigenvalue weighted by Gasteiger charge is -2.06. The number of rotatable bonds is 5. The highest BCUT2D eigenvalue weighted by atomic mass is 35.5. The predicted molar refractivity (Wildman–Crippen MR) is 58.0 cm³/mol. The maximum atomic E-state index is 8.87. The second-order valence-corrected chi connectivity index (χ2v) is 4.28. The summed E-state index contributed by atoms with van der Waals surface area (Å²) in [6.45, 7) is 0.630. The van der Waals surface area contributed by atoms with E-state index in [0.29, 0.717) is 23.1 Å². The monoisotopic (exact) mass is 227 g/mol. The van der Waals surface area contributed by atoms with Crippen molar-refractivity contribution in [3.8, 4) is 5.88 Å². The lowest BCUT2D eigenvalue weighted by atomic mass is 10.3. The highest BCUT2D eigenvalue weighted by Crippen LogP contribution is 2.32. The number of hydrogen-bond acceptors (Lipinski definition) is 3. The van der Waals surface area contributed by atoms with Gasteiger partial charge in [0.25, 0.3) is 0 Å². The summed E-state index contributed by atoms with van der Waals surface area (Å²) < 4.78 is 5.46. The molecule has 0 saturated heterocycles. The molecule has 1 aliphatic rings. The number of halogens is 1. The zero-order chi connectivity index (χ0) is 10.7. The Balaban J connectivity index is 1.88. The first-order valence-corrected chi connectivity index (χ1v) is 5.55. The minimum absolute atomic E-state index is 0.0466. The Hall–Kier alpha value is -0.800. The third kappa shape index (κ3) is 3.08. The van der Waals surface area contributed by atoms with E-state index < -0.39 is 0 Å². The Labute approximate surface area is 94.0 Å². The van der Waals surface area contributed by atoms with Crippen molar-refractivity contribution in [2.75, 3.05) is 6.61 Å². The molecule has 0 amide bonds. The molecule has 1 aliphatic carbocycles. The van der Waals surface area contributed by atoms with Gasteiger partial charge in [-0.2, -0.15) is 0 Å². The maximum Gasteiger partial charge on any atom is 0.232 e. The van der Waals surface area contributed by atoms with Crippen molar-refractivity contribution < 1.29 is 9.84 Å². The van der Waals surface area contributed by atoms with Gasteiger partial charge in [0.2, 0.25) is 5.88 Å². The van der Waals surface area contributed by atoms with Crippen LogP contribution in [0.25, 0.3) is 0 Å². The van der Waals surface area contributed by atoms with Crippen LogP contribution >= 0.6 is 11.6 Å². The first-order chi connectivity index (χ1) is 7.29. The number of hydrogen-bond donors (Lipinski definition) is 1. The van der Waals surface area contributed by atoms with E-state index >= 15 is 0 Å². The van der Waals surface area contributed by atoms with Crippen molar-refractivity contribution in [3.05, 3.63) is 22.8 Å². The molecular weight excluding hydrogens is 214 g/mol. The van der Waals surface area contributed by atoms with E-state index in [2.05, 4.69) is 4.98 Å². The molecule has 2 rings (SSSR count). The Morgan fingerprint density at radius 1 is 1.53 bits per heavy atom. The fourth-order valence-electron chi connectivity index (χ4n) is 1.39. The second-order valence-electron chi connectivity index (χ2n) is 3.87. The molecule has 0 aliphatic heterocycles. The van der Waals surface area contributed by atoms with Crippen LogP contribution in [0.1, 0.15) is 24.8 Å². The van der Waals surface area contributed by atoms with E-state index in [1.165, 1.54) is 12.8 Å². The minimum Gasteiger partial charge on any atom is -0.477 e. The van der Waals surface area contributed by atoms with Crippen LogP contribution in [-0.2, 0) is 6.61 Å². The summed E-state index contributed by atoms with van der Waals surface area (Å²) in [5, 5.41) is 9.34. The summed E-state index contributed by atoms with van der Waals surface area (Å²) in [6, 6.07) is 1.68. The number of aliphatic hydroxyl groups excluding tert-OH is 1. The van der Waals surface area contributed by atoms with E-state index in [1.807, 2.05) is 0 Å². The summed E-state index contributed by atoms with van der Waals surface area (Å²) in [4.78, 5) is 4.05. The van der Waals surface area contributed by atoms with Crippen molar-refractivity contribution in [2.24, 2.45) is 5.92 Å². The van der Waals surface area contributed by atoms with Crippen LogP contribution < -0.4 is 4.74 Å². The highest BCUT2D eigenvalue weighted by molar-refractivity contribution is 6.31. The first kappa shape index (κ1) is 10.7. The summed E-state index contributed by atoms with van der Waals surface area (Å²) in [5.74, 6) is 1.31. The molecule has 15 heavy (non-hydrogen) atoms. The summed E-state index contributed by atoms with van der Waals surface area (Å²) in [7, 11) is 0. The third-order valence-electron chi connectivity index (χ3n) is 2.51. The van der Waals surface area contributed by atoms with Gasteiger partial charge in [-0.15, -0.1) is 0 Å². The van der Waals surface area contributed by atoms with Crippen molar-refractivity contribution in [2.45, 2.75) is 25.9 Å². The molecule has 3 nitrogen and oxygen atoms in total. The van der Waals surface area contributed by atoms with Gasteiger partial charge in [-0.05, 0) is 24.0 Å². The first-order valence-electron chi connectivity index (χ1n) is 5.17. The van der Waals surface area contributed by atoms with Crippen LogP contribution in [-0.4, -0.2) is 16.7 Å². The van der Waals surface area contributed by atoms with Gasteiger partial charge in [0.1, 0.15) is 5.02 Å². The molecule has 1 fully saturated rings. The van der Waals surface area contributed by atoms with Crippen LogP contribution in [0.4, 0.5) is 0 Å². The van der Waals surface area contributed by atoms with Gasteiger partial charge in [-0.1, -0.05) is 24.4 Å². The Morgan fingerprint density at radius 2 is 2.33 bits per heavy atom. The van der Waals surface area contributed by atoms with Crippen LogP contribution in [0.3, 0.4) is 0 Å². The van der Waals surface area contributed by atoms with Crippen molar-refractivity contribution in [1.82, 2.24) is 4.98 Å². The molecule has 1 aromatic rings. The van der Waals surface area contributed by atoms with E-state index in [-0.39, 0.29) is 6.61 Å². The van der Waals surface area contributed by atoms with E-state index in [0.717, 1.165) is 12.3 Å². The van der Waals surface area contributed by atoms with Gasteiger partial charge in [0.05, 0.1) is 13.2 Å². The van der Waals surface area contributed by atoms with Gasteiger partial charge in [-0.3, -0.25) is 0 Å². The van der Waals surface area contributed by atoms with Crippen molar-refractivity contribution in [1.29, 1.82) is 0 Å². The number of nitrogens with zero attached hydrogens (tertiary/aromatic N) is 1. The summed E-state index contributed by atoms with van der Waals surface area (Å²) in [5.41, 5.74) is 0.703. The van der Waals surface area contributed by atoms with E-state index in [9.17, 15) is 0 Å². The fraction of sp³-hybridized carbons (Fsp3) is 0.545. The lowest BCUT2D eigenvalue weighted by Crippen LogP contribution is -2.01. The number of aliphatic hydroxyl groups is 1. The molecule has 0 atom stereocenters. The molecular formula is C11H14ClNO2. The number of aromatic nitrogens is 1. The molecule has 0 spiro atoms. The Bertz CT molecular complexity index is 339. The molecule has 0 aromatic carbocycles. The van der Waals surface area contributed by atoms with E-state index in [1.54, 1.807) is 12.3 Å². The Morgan fingerprint density at radius 3 is 2.93 bits per heavy atom. The van der Waals surface area contributed by atoms with Gasteiger partial charge >= 0.3 is 0 Å². The topological polar surface area (TPSA) is 42.4 Å². The van der Waals surface area contributed by atoms with Gasteiger partial charge in [-0.25, -0.2) is 4.98 Å².